The van der Waals surface area contributed by atoms with Crippen LogP contribution in [-0.4, -0.2) is 41.8 Å². The van der Waals surface area contributed by atoms with Crippen LogP contribution < -0.4 is 10.6 Å². The van der Waals surface area contributed by atoms with E-state index >= 15 is 0 Å². The van der Waals surface area contributed by atoms with Gasteiger partial charge in [0.2, 0.25) is 0 Å². The lowest BCUT2D eigenvalue weighted by molar-refractivity contribution is -0.0916. The summed E-state index contributed by atoms with van der Waals surface area (Å²) < 4.78 is 6.15. The highest BCUT2D eigenvalue weighted by atomic mass is 32.2. The molecule has 1 aliphatic carbocycles. The molecule has 4 rings (SSSR count). The van der Waals surface area contributed by atoms with Gasteiger partial charge in [0.1, 0.15) is 0 Å². The van der Waals surface area contributed by atoms with Gasteiger partial charge in [0.05, 0.1) is 5.60 Å². The molecule has 27 heavy (non-hydrogen) atoms. The zero-order valence-electron chi connectivity index (χ0n) is 16.1. The molecule has 148 valence electrons. The molecule has 2 saturated heterocycles. The van der Waals surface area contributed by atoms with Crippen molar-refractivity contribution in [1.29, 1.82) is 0 Å². The molecule has 0 aromatic heterocycles. The average Bonchev–Trinajstić information content (AvgIpc) is 2.69. The lowest BCUT2D eigenvalue weighted by atomic mass is 9.81. The number of thioether (sulfide) groups is 1. The molecule has 1 saturated carbocycles. The van der Waals surface area contributed by atoms with Crippen LogP contribution in [-0.2, 0) is 4.74 Å². The number of nitrogens with one attached hydrogen (secondary N) is 2. The highest BCUT2D eigenvalue weighted by Crippen LogP contribution is 2.37. The van der Waals surface area contributed by atoms with E-state index in [2.05, 4.69) is 41.0 Å². The standard InChI is InChI=1S/C22H32N2O2S/c25-21(24-20-9-12-26-22(16-20)10-13-27-14-11-22)23-19-8-4-7-18(15-19)17-5-2-1-3-6-17/h1-3,5-6,18-20H,4,7-16H2,(H2,23,24,25). The van der Waals surface area contributed by atoms with E-state index in [0.29, 0.717) is 5.92 Å². The van der Waals surface area contributed by atoms with Crippen LogP contribution in [0.2, 0.25) is 0 Å². The summed E-state index contributed by atoms with van der Waals surface area (Å²) in [7, 11) is 0. The smallest absolute Gasteiger partial charge is 0.315 e. The van der Waals surface area contributed by atoms with Crippen LogP contribution in [0.15, 0.2) is 30.3 Å². The molecule has 1 aromatic carbocycles. The number of hydrogen-bond acceptors (Lipinski definition) is 3. The molecular formula is C22H32N2O2S. The van der Waals surface area contributed by atoms with Gasteiger partial charge in [-0.25, -0.2) is 4.79 Å². The van der Waals surface area contributed by atoms with Crippen molar-refractivity contribution in [2.24, 2.45) is 0 Å². The van der Waals surface area contributed by atoms with Crippen molar-refractivity contribution < 1.29 is 9.53 Å². The van der Waals surface area contributed by atoms with E-state index in [-0.39, 0.29) is 23.7 Å². The molecule has 2 aliphatic heterocycles. The van der Waals surface area contributed by atoms with Crippen molar-refractivity contribution in [3.8, 4) is 0 Å². The molecule has 3 unspecified atom stereocenters. The fourth-order valence-electron chi connectivity index (χ4n) is 5.00. The van der Waals surface area contributed by atoms with Crippen molar-refractivity contribution in [3.05, 3.63) is 35.9 Å². The van der Waals surface area contributed by atoms with Gasteiger partial charge in [-0.2, -0.15) is 11.8 Å². The minimum absolute atomic E-state index is 0.0148. The van der Waals surface area contributed by atoms with E-state index in [4.69, 9.17) is 4.74 Å². The zero-order valence-corrected chi connectivity index (χ0v) is 16.9. The van der Waals surface area contributed by atoms with Crippen LogP contribution >= 0.6 is 11.8 Å². The number of ether oxygens (including phenoxy) is 1. The molecule has 2 N–H and O–H groups in total. The summed E-state index contributed by atoms with van der Waals surface area (Å²) >= 11 is 2.02. The van der Waals surface area contributed by atoms with Gasteiger partial charge in [-0.1, -0.05) is 36.8 Å². The number of carbonyl (C=O) groups excluding carboxylic acids is 1. The summed E-state index contributed by atoms with van der Waals surface area (Å²) in [6.07, 6.45) is 8.69. The normalized spacial score (nSPS) is 30.6. The number of carbonyl (C=O) groups is 1. The number of rotatable bonds is 3. The molecule has 4 nitrogen and oxygen atoms in total. The SMILES string of the molecule is O=C(NC1CCCC(c2ccccc2)C1)NC1CCOC2(CCSCC2)C1. The quantitative estimate of drug-likeness (QED) is 0.804. The topological polar surface area (TPSA) is 50.4 Å². The summed E-state index contributed by atoms with van der Waals surface area (Å²) in [5.41, 5.74) is 1.43. The number of benzene rings is 1. The van der Waals surface area contributed by atoms with Crippen LogP contribution in [0.4, 0.5) is 4.79 Å². The summed E-state index contributed by atoms with van der Waals surface area (Å²) in [6, 6.07) is 11.3. The zero-order chi connectivity index (χ0) is 18.5. The molecule has 5 heteroatoms. The summed E-state index contributed by atoms with van der Waals surface area (Å²) in [4.78, 5) is 12.6. The third-order valence-electron chi connectivity index (χ3n) is 6.51. The first kappa shape index (κ1) is 19.1. The number of amides is 2. The Morgan fingerprint density at radius 3 is 2.63 bits per heavy atom. The summed E-state index contributed by atoms with van der Waals surface area (Å²) in [6.45, 7) is 0.773. The lowest BCUT2D eigenvalue weighted by Gasteiger charge is -2.43. The van der Waals surface area contributed by atoms with Crippen molar-refractivity contribution in [2.75, 3.05) is 18.1 Å². The molecule has 3 atom stereocenters. The maximum Gasteiger partial charge on any atom is 0.315 e. The van der Waals surface area contributed by atoms with E-state index in [1.165, 1.54) is 29.9 Å². The van der Waals surface area contributed by atoms with E-state index in [0.717, 1.165) is 45.1 Å². The number of urea groups is 1. The highest BCUT2D eigenvalue weighted by Gasteiger charge is 2.39. The third-order valence-corrected chi connectivity index (χ3v) is 7.50. The van der Waals surface area contributed by atoms with Gasteiger partial charge in [0, 0.05) is 18.7 Å². The van der Waals surface area contributed by atoms with E-state index in [1.807, 2.05) is 11.8 Å². The molecule has 1 aromatic rings. The molecule has 1 spiro atoms. The predicted octanol–water partition coefficient (Wildman–Crippen LogP) is 4.46. The minimum Gasteiger partial charge on any atom is -0.375 e. The first-order chi connectivity index (χ1) is 13.2. The first-order valence-corrected chi connectivity index (χ1v) is 11.7. The second-order valence-corrected chi connectivity index (χ2v) is 9.65. The average molecular weight is 389 g/mol. The van der Waals surface area contributed by atoms with Gasteiger partial charge in [-0.15, -0.1) is 0 Å². The fourth-order valence-corrected chi connectivity index (χ4v) is 6.24. The lowest BCUT2D eigenvalue weighted by Crippen LogP contribution is -2.53. The van der Waals surface area contributed by atoms with E-state index < -0.39 is 0 Å². The van der Waals surface area contributed by atoms with Gasteiger partial charge < -0.3 is 15.4 Å². The summed E-state index contributed by atoms with van der Waals surface area (Å²) in [5.74, 6) is 2.93. The second kappa shape index (κ2) is 8.87. The van der Waals surface area contributed by atoms with Gasteiger partial charge in [-0.3, -0.25) is 0 Å². The molecule has 3 fully saturated rings. The Hall–Kier alpha value is -1.20. The Morgan fingerprint density at radius 1 is 1.04 bits per heavy atom. The van der Waals surface area contributed by atoms with Crippen molar-refractivity contribution >= 4 is 17.8 Å². The maximum atomic E-state index is 12.6. The Bertz CT molecular complexity index is 612. The van der Waals surface area contributed by atoms with Gasteiger partial charge in [0.25, 0.3) is 0 Å². The van der Waals surface area contributed by atoms with Crippen LogP contribution in [0, 0.1) is 0 Å². The molecular weight excluding hydrogens is 356 g/mol. The van der Waals surface area contributed by atoms with E-state index in [9.17, 15) is 4.79 Å². The molecule has 3 aliphatic rings. The minimum atomic E-state index is 0.0148. The van der Waals surface area contributed by atoms with Gasteiger partial charge >= 0.3 is 6.03 Å². The Morgan fingerprint density at radius 2 is 1.81 bits per heavy atom. The van der Waals surface area contributed by atoms with Crippen LogP contribution in [0.25, 0.3) is 0 Å². The highest BCUT2D eigenvalue weighted by molar-refractivity contribution is 7.99. The van der Waals surface area contributed by atoms with Gasteiger partial charge in [-0.05, 0) is 67.9 Å². The van der Waals surface area contributed by atoms with Gasteiger partial charge in [0.15, 0.2) is 0 Å². The Kier molecular flexibility index (Phi) is 6.28. The maximum absolute atomic E-state index is 12.6. The summed E-state index contributed by atoms with van der Waals surface area (Å²) in [5, 5.41) is 6.52. The number of hydrogen-bond donors (Lipinski definition) is 2. The Labute approximate surface area is 167 Å². The second-order valence-electron chi connectivity index (χ2n) is 8.42. The molecule has 0 bridgehead atoms. The van der Waals surface area contributed by atoms with E-state index in [1.54, 1.807) is 0 Å². The van der Waals surface area contributed by atoms with Crippen molar-refractivity contribution in [2.45, 2.75) is 75.0 Å². The largest absolute Gasteiger partial charge is 0.375 e. The van der Waals surface area contributed by atoms with Crippen LogP contribution in [0.5, 0.6) is 0 Å². The third kappa shape index (κ3) is 5.00. The first-order valence-electron chi connectivity index (χ1n) is 10.6. The molecule has 0 radical (unpaired) electrons. The molecule has 2 amide bonds. The fraction of sp³-hybridized carbons (Fsp3) is 0.682. The monoisotopic (exact) mass is 388 g/mol. The van der Waals surface area contributed by atoms with Crippen molar-refractivity contribution in [1.82, 2.24) is 10.6 Å². The Balaban J connectivity index is 1.27. The van der Waals surface area contributed by atoms with Crippen LogP contribution in [0.1, 0.15) is 62.8 Å². The molecule has 2 heterocycles. The predicted molar refractivity (Wildman–Crippen MR) is 111 cm³/mol. The van der Waals surface area contributed by atoms with Crippen molar-refractivity contribution in [3.63, 3.8) is 0 Å². The van der Waals surface area contributed by atoms with Crippen LogP contribution in [0.3, 0.4) is 0 Å².